The number of Topliss-reactive ketones (excluding diaryl/α,β-unsaturated/α-hetero) is 1. The molecule has 0 unspecified atom stereocenters. The molecule has 3 heteroatoms. The number of hydrogen-bond acceptors (Lipinski definition) is 2. The van der Waals surface area contributed by atoms with Gasteiger partial charge in [-0.25, -0.2) is 0 Å². The van der Waals surface area contributed by atoms with Crippen LogP contribution in [0.5, 0.6) is 5.75 Å². The molecule has 1 aromatic rings. The Morgan fingerprint density at radius 2 is 2.07 bits per heavy atom. The molecule has 0 N–H and O–H groups in total. The summed E-state index contributed by atoms with van der Waals surface area (Å²) in [5.74, 6) is 1.30. The highest BCUT2D eigenvalue weighted by Gasteiger charge is 2.10. The summed E-state index contributed by atoms with van der Waals surface area (Å²) in [7, 11) is 0. The predicted octanol–water partition coefficient (Wildman–Crippen LogP) is 2.96. The van der Waals surface area contributed by atoms with Crippen LogP contribution in [0.15, 0.2) is 18.2 Å². The van der Waals surface area contributed by atoms with Crippen molar-refractivity contribution in [2.45, 2.75) is 26.1 Å². The van der Waals surface area contributed by atoms with Crippen LogP contribution < -0.4 is 4.74 Å². The van der Waals surface area contributed by atoms with E-state index in [0.717, 1.165) is 16.9 Å². The monoisotopic (exact) mass is 226 g/mol. The molecule has 0 spiro atoms. The molecule has 0 aliphatic carbocycles. The van der Waals surface area contributed by atoms with E-state index in [4.69, 9.17) is 16.3 Å². The van der Waals surface area contributed by atoms with Crippen molar-refractivity contribution in [2.75, 3.05) is 6.61 Å². The van der Waals surface area contributed by atoms with Gasteiger partial charge in [0.05, 0.1) is 12.5 Å². The first-order valence-electron chi connectivity index (χ1n) is 4.98. The topological polar surface area (TPSA) is 26.3 Å². The maximum atomic E-state index is 11.1. The Labute approximate surface area is 95.2 Å². The van der Waals surface area contributed by atoms with Crippen molar-refractivity contribution < 1.29 is 9.53 Å². The SMILES string of the molecule is CCOc1c(CCl)cccc1CC(C)=O. The molecule has 0 radical (unpaired) electrons. The van der Waals surface area contributed by atoms with Crippen LogP contribution in [0.2, 0.25) is 0 Å². The van der Waals surface area contributed by atoms with Crippen molar-refractivity contribution in [3.63, 3.8) is 0 Å². The van der Waals surface area contributed by atoms with Gasteiger partial charge in [0.1, 0.15) is 11.5 Å². The number of rotatable bonds is 5. The third-order valence-electron chi connectivity index (χ3n) is 2.05. The minimum Gasteiger partial charge on any atom is -0.493 e. The minimum atomic E-state index is 0.127. The molecule has 0 fully saturated rings. The molecule has 0 amide bonds. The number of alkyl halides is 1. The zero-order valence-electron chi connectivity index (χ0n) is 9.05. The molecular weight excluding hydrogens is 212 g/mol. The van der Waals surface area contributed by atoms with Crippen LogP contribution in [0.4, 0.5) is 0 Å². The van der Waals surface area contributed by atoms with E-state index in [1.165, 1.54) is 0 Å². The molecule has 0 saturated heterocycles. The Morgan fingerprint density at radius 1 is 1.40 bits per heavy atom. The number of carbonyl (C=O) groups excluding carboxylic acids is 1. The Bertz CT molecular complexity index is 347. The molecule has 1 rings (SSSR count). The predicted molar refractivity (Wildman–Crippen MR) is 61.6 cm³/mol. The Morgan fingerprint density at radius 3 is 2.60 bits per heavy atom. The van der Waals surface area contributed by atoms with Gasteiger partial charge in [-0.15, -0.1) is 11.6 Å². The van der Waals surface area contributed by atoms with E-state index in [0.29, 0.717) is 18.9 Å². The van der Waals surface area contributed by atoms with Gasteiger partial charge in [-0.1, -0.05) is 18.2 Å². The summed E-state index contributed by atoms with van der Waals surface area (Å²) in [6.45, 7) is 4.07. The molecule has 0 aliphatic rings. The van der Waals surface area contributed by atoms with E-state index >= 15 is 0 Å². The lowest BCUT2D eigenvalue weighted by Crippen LogP contribution is -2.03. The Balaban J connectivity index is 3.06. The smallest absolute Gasteiger partial charge is 0.134 e. The van der Waals surface area contributed by atoms with Crippen molar-refractivity contribution in [1.82, 2.24) is 0 Å². The molecule has 1 aromatic carbocycles. The fourth-order valence-corrected chi connectivity index (χ4v) is 1.69. The molecule has 0 bridgehead atoms. The highest BCUT2D eigenvalue weighted by Crippen LogP contribution is 2.26. The van der Waals surface area contributed by atoms with Crippen LogP contribution in [0, 0.1) is 0 Å². The number of halogens is 1. The van der Waals surface area contributed by atoms with Gasteiger partial charge in [-0.05, 0) is 13.8 Å². The van der Waals surface area contributed by atoms with Crippen LogP contribution in [0.3, 0.4) is 0 Å². The summed E-state index contributed by atoms with van der Waals surface area (Å²) in [6.07, 6.45) is 0.403. The molecule has 0 heterocycles. The number of ketones is 1. The fraction of sp³-hybridized carbons (Fsp3) is 0.417. The third-order valence-corrected chi connectivity index (χ3v) is 2.34. The molecule has 0 aliphatic heterocycles. The number of hydrogen-bond donors (Lipinski definition) is 0. The quantitative estimate of drug-likeness (QED) is 0.722. The molecular formula is C12H15ClO2. The lowest BCUT2D eigenvalue weighted by Gasteiger charge is -2.12. The van der Waals surface area contributed by atoms with E-state index < -0.39 is 0 Å². The summed E-state index contributed by atoms with van der Waals surface area (Å²) >= 11 is 5.81. The maximum absolute atomic E-state index is 11.1. The molecule has 15 heavy (non-hydrogen) atoms. The van der Waals surface area contributed by atoms with Crippen molar-refractivity contribution in [3.05, 3.63) is 29.3 Å². The zero-order valence-corrected chi connectivity index (χ0v) is 9.80. The van der Waals surface area contributed by atoms with Gasteiger partial charge in [-0.2, -0.15) is 0 Å². The van der Waals surface area contributed by atoms with E-state index in [-0.39, 0.29) is 5.78 Å². The van der Waals surface area contributed by atoms with Gasteiger partial charge in [0.2, 0.25) is 0 Å². The van der Waals surface area contributed by atoms with Gasteiger partial charge < -0.3 is 4.74 Å². The second kappa shape index (κ2) is 5.76. The lowest BCUT2D eigenvalue weighted by molar-refractivity contribution is -0.116. The maximum Gasteiger partial charge on any atom is 0.134 e. The van der Waals surface area contributed by atoms with Crippen LogP contribution in [-0.4, -0.2) is 12.4 Å². The zero-order chi connectivity index (χ0) is 11.3. The van der Waals surface area contributed by atoms with Gasteiger partial charge in [0, 0.05) is 17.5 Å². The number of carbonyl (C=O) groups is 1. The normalized spacial score (nSPS) is 10.1. The highest BCUT2D eigenvalue weighted by atomic mass is 35.5. The number of ether oxygens (including phenoxy) is 1. The molecule has 0 aromatic heterocycles. The average molecular weight is 227 g/mol. The fourth-order valence-electron chi connectivity index (χ4n) is 1.48. The van der Waals surface area contributed by atoms with Gasteiger partial charge in [0.25, 0.3) is 0 Å². The molecule has 0 saturated carbocycles. The summed E-state index contributed by atoms with van der Waals surface area (Å²) in [6, 6.07) is 5.72. The Hall–Kier alpha value is -1.02. The van der Waals surface area contributed by atoms with Crippen LogP contribution in [0.1, 0.15) is 25.0 Å². The number of benzene rings is 1. The van der Waals surface area contributed by atoms with E-state index in [1.807, 2.05) is 25.1 Å². The van der Waals surface area contributed by atoms with Gasteiger partial charge in [-0.3, -0.25) is 4.79 Å². The third kappa shape index (κ3) is 3.24. The van der Waals surface area contributed by atoms with Crippen molar-refractivity contribution >= 4 is 17.4 Å². The summed E-state index contributed by atoms with van der Waals surface area (Å²) in [5, 5.41) is 0. The summed E-state index contributed by atoms with van der Waals surface area (Å²) in [5.41, 5.74) is 1.86. The second-order valence-electron chi connectivity index (χ2n) is 3.35. The lowest BCUT2D eigenvalue weighted by atomic mass is 10.1. The minimum absolute atomic E-state index is 0.127. The first-order valence-corrected chi connectivity index (χ1v) is 5.51. The average Bonchev–Trinajstić information content (AvgIpc) is 2.20. The standard InChI is InChI=1S/C12H15ClO2/c1-3-15-12-10(7-9(2)14)5-4-6-11(12)8-13/h4-6H,3,7-8H2,1-2H3. The van der Waals surface area contributed by atoms with Crippen LogP contribution >= 0.6 is 11.6 Å². The van der Waals surface area contributed by atoms with Gasteiger partial charge in [0.15, 0.2) is 0 Å². The second-order valence-corrected chi connectivity index (χ2v) is 3.62. The van der Waals surface area contributed by atoms with Crippen LogP contribution in [-0.2, 0) is 17.1 Å². The van der Waals surface area contributed by atoms with Gasteiger partial charge >= 0.3 is 0 Å². The Kier molecular flexibility index (Phi) is 4.63. The van der Waals surface area contributed by atoms with Crippen LogP contribution in [0.25, 0.3) is 0 Å². The van der Waals surface area contributed by atoms with E-state index in [2.05, 4.69) is 0 Å². The molecule has 0 atom stereocenters. The first kappa shape index (κ1) is 12.1. The molecule has 2 nitrogen and oxygen atoms in total. The van der Waals surface area contributed by atoms with Crippen molar-refractivity contribution in [2.24, 2.45) is 0 Å². The first-order chi connectivity index (χ1) is 7.19. The van der Waals surface area contributed by atoms with Crippen molar-refractivity contribution in [1.29, 1.82) is 0 Å². The van der Waals surface area contributed by atoms with E-state index in [1.54, 1.807) is 6.92 Å². The number of para-hydroxylation sites is 1. The van der Waals surface area contributed by atoms with E-state index in [9.17, 15) is 4.79 Å². The highest BCUT2D eigenvalue weighted by molar-refractivity contribution is 6.17. The van der Waals surface area contributed by atoms with Crippen molar-refractivity contribution in [3.8, 4) is 5.75 Å². The largest absolute Gasteiger partial charge is 0.493 e. The summed E-state index contributed by atoms with van der Waals surface area (Å²) in [4.78, 5) is 11.1. The summed E-state index contributed by atoms with van der Waals surface area (Å²) < 4.78 is 5.52. The molecule has 82 valence electrons.